The third-order valence-corrected chi connectivity index (χ3v) is 4.00. The van der Waals surface area contributed by atoms with Crippen LogP contribution in [0.1, 0.15) is 44.2 Å². The first-order valence-electron chi connectivity index (χ1n) is 7.73. The fourth-order valence-corrected chi connectivity index (χ4v) is 2.82. The van der Waals surface area contributed by atoms with Gasteiger partial charge in [-0.05, 0) is 37.5 Å². The minimum absolute atomic E-state index is 0.297. The van der Waals surface area contributed by atoms with Crippen molar-refractivity contribution in [3.05, 3.63) is 23.8 Å². The van der Waals surface area contributed by atoms with E-state index in [9.17, 15) is 0 Å². The lowest BCUT2D eigenvalue weighted by Crippen LogP contribution is -2.42. The van der Waals surface area contributed by atoms with Gasteiger partial charge in [0.2, 0.25) is 0 Å². The molecule has 0 aliphatic carbocycles. The molecule has 4 nitrogen and oxygen atoms in total. The second-order valence-electron chi connectivity index (χ2n) is 5.66. The summed E-state index contributed by atoms with van der Waals surface area (Å²) in [5.41, 5.74) is 4.84. The molecule has 0 saturated carbocycles. The molecule has 0 aromatic heterocycles. The van der Waals surface area contributed by atoms with Gasteiger partial charge in [-0.2, -0.15) is 0 Å². The highest BCUT2D eigenvalue weighted by Gasteiger charge is 2.16. The van der Waals surface area contributed by atoms with Crippen LogP contribution in [0.2, 0.25) is 0 Å². The van der Waals surface area contributed by atoms with Crippen molar-refractivity contribution >= 4 is 0 Å². The van der Waals surface area contributed by atoms with Gasteiger partial charge in [-0.1, -0.05) is 12.5 Å². The van der Waals surface area contributed by atoms with E-state index in [0.29, 0.717) is 6.04 Å². The van der Waals surface area contributed by atoms with Crippen LogP contribution in [0.15, 0.2) is 18.2 Å². The van der Waals surface area contributed by atoms with Gasteiger partial charge in [-0.25, -0.2) is 10.4 Å². The quantitative estimate of drug-likeness (QED) is 0.920. The third kappa shape index (κ3) is 3.25. The Hall–Kier alpha value is -1.26. The largest absolute Gasteiger partial charge is 0.490 e. The lowest BCUT2D eigenvalue weighted by atomic mass is 10.1. The molecule has 1 saturated heterocycles. The first-order chi connectivity index (χ1) is 9.83. The third-order valence-electron chi connectivity index (χ3n) is 4.00. The molecule has 1 fully saturated rings. The summed E-state index contributed by atoms with van der Waals surface area (Å²) in [4.78, 5) is 0. The summed E-state index contributed by atoms with van der Waals surface area (Å²) >= 11 is 0. The number of nitrogens with zero attached hydrogens (tertiary/aromatic N) is 1. The minimum atomic E-state index is 0.297. The van der Waals surface area contributed by atoms with Crippen molar-refractivity contribution in [2.24, 2.45) is 0 Å². The number of hydrogen-bond acceptors (Lipinski definition) is 4. The summed E-state index contributed by atoms with van der Waals surface area (Å²) in [5.74, 6) is 1.75. The predicted octanol–water partition coefficient (Wildman–Crippen LogP) is 2.90. The fourth-order valence-electron chi connectivity index (χ4n) is 2.82. The zero-order valence-corrected chi connectivity index (χ0v) is 12.2. The van der Waals surface area contributed by atoms with Crippen molar-refractivity contribution in [3.63, 3.8) is 0 Å². The lowest BCUT2D eigenvalue weighted by Gasteiger charge is -2.30. The molecule has 2 heterocycles. The average Bonchev–Trinajstić information content (AvgIpc) is 2.72. The van der Waals surface area contributed by atoms with Crippen molar-refractivity contribution in [1.82, 2.24) is 10.4 Å². The van der Waals surface area contributed by atoms with E-state index in [1.54, 1.807) is 0 Å². The SMILES string of the molecule is CC(NN1CCCCC1)c1ccc2c(c1)OCCCO2. The lowest BCUT2D eigenvalue weighted by molar-refractivity contribution is 0.133. The van der Waals surface area contributed by atoms with E-state index in [4.69, 9.17) is 9.47 Å². The summed E-state index contributed by atoms with van der Waals surface area (Å²) < 4.78 is 11.4. The molecule has 0 radical (unpaired) electrons. The van der Waals surface area contributed by atoms with Crippen LogP contribution in [0.5, 0.6) is 11.5 Å². The molecule has 0 bridgehead atoms. The highest BCUT2D eigenvalue weighted by molar-refractivity contribution is 5.44. The Morgan fingerprint density at radius 2 is 1.75 bits per heavy atom. The van der Waals surface area contributed by atoms with Gasteiger partial charge in [-0.15, -0.1) is 0 Å². The van der Waals surface area contributed by atoms with Gasteiger partial charge in [0.15, 0.2) is 11.5 Å². The summed E-state index contributed by atoms with van der Waals surface area (Å²) in [5, 5.41) is 2.34. The summed E-state index contributed by atoms with van der Waals surface area (Å²) in [6, 6.07) is 6.58. The predicted molar refractivity (Wildman–Crippen MR) is 79.0 cm³/mol. The van der Waals surface area contributed by atoms with E-state index < -0.39 is 0 Å². The Morgan fingerprint density at radius 3 is 2.55 bits per heavy atom. The first-order valence-corrected chi connectivity index (χ1v) is 7.73. The highest BCUT2D eigenvalue weighted by Crippen LogP contribution is 2.32. The number of piperidine rings is 1. The number of hydrazine groups is 1. The summed E-state index contributed by atoms with van der Waals surface area (Å²) in [6.07, 6.45) is 4.89. The molecule has 2 aliphatic rings. The molecule has 1 unspecified atom stereocenters. The topological polar surface area (TPSA) is 33.7 Å². The molecule has 20 heavy (non-hydrogen) atoms. The first kappa shape index (κ1) is 13.7. The van der Waals surface area contributed by atoms with Crippen LogP contribution in [0.4, 0.5) is 0 Å². The summed E-state index contributed by atoms with van der Waals surface area (Å²) in [7, 11) is 0. The smallest absolute Gasteiger partial charge is 0.161 e. The van der Waals surface area contributed by atoms with Crippen molar-refractivity contribution in [2.45, 2.75) is 38.6 Å². The van der Waals surface area contributed by atoms with Crippen LogP contribution in [0.3, 0.4) is 0 Å². The van der Waals surface area contributed by atoms with Gasteiger partial charge >= 0.3 is 0 Å². The second-order valence-corrected chi connectivity index (χ2v) is 5.66. The summed E-state index contributed by atoms with van der Waals surface area (Å²) in [6.45, 7) is 5.98. The van der Waals surface area contributed by atoms with Crippen LogP contribution in [0, 0.1) is 0 Å². The number of fused-ring (bicyclic) bond motifs is 1. The Kier molecular flexibility index (Phi) is 4.43. The van der Waals surface area contributed by atoms with E-state index in [2.05, 4.69) is 29.5 Å². The van der Waals surface area contributed by atoms with Crippen LogP contribution < -0.4 is 14.9 Å². The van der Waals surface area contributed by atoms with E-state index >= 15 is 0 Å². The van der Waals surface area contributed by atoms with Gasteiger partial charge in [0.25, 0.3) is 0 Å². The molecule has 0 amide bonds. The fraction of sp³-hybridized carbons (Fsp3) is 0.625. The van der Waals surface area contributed by atoms with Gasteiger partial charge in [-0.3, -0.25) is 0 Å². The van der Waals surface area contributed by atoms with Crippen LogP contribution in [0.25, 0.3) is 0 Å². The van der Waals surface area contributed by atoms with Gasteiger partial charge in [0.1, 0.15) is 0 Å². The van der Waals surface area contributed by atoms with Gasteiger partial charge < -0.3 is 9.47 Å². The van der Waals surface area contributed by atoms with Crippen LogP contribution in [-0.4, -0.2) is 31.3 Å². The van der Waals surface area contributed by atoms with Crippen molar-refractivity contribution in [3.8, 4) is 11.5 Å². The number of ether oxygens (including phenoxy) is 2. The zero-order chi connectivity index (χ0) is 13.8. The minimum Gasteiger partial charge on any atom is -0.490 e. The molecule has 1 atom stereocenters. The maximum Gasteiger partial charge on any atom is 0.161 e. The monoisotopic (exact) mass is 276 g/mol. The Labute approximate surface area is 121 Å². The highest BCUT2D eigenvalue weighted by atomic mass is 16.5. The number of benzene rings is 1. The van der Waals surface area contributed by atoms with Gasteiger partial charge in [0.05, 0.1) is 13.2 Å². The molecular formula is C16H24N2O2. The molecule has 2 aliphatic heterocycles. The molecule has 1 aromatic carbocycles. The Balaban J connectivity index is 1.67. The molecule has 110 valence electrons. The maximum absolute atomic E-state index is 5.76. The molecular weight excluding hydrogens is 252 g/mol. The average molecular weight is 276 g/mol. The standard InChI is InChI=1S/C16H24N2O2/c1-13(17-18-8-3-2-4-9-18)14-6-7-15-16(12-14)20-11-5-10-19-15/h6-7,12-13,17H,2-5,8-11H2,1H3. The molecule has 1 aromatic rings. The van der Waals surface area contributed by atoms with Crippen molar-refractivity contribution < 1.29 is 9.47 Å². The number of hydrogen-bond donors (Lipinski definition) is 1. The van der Waals surface area contributed by atoms with Crippen LogP contribution >= 0.6 is 0 Å². The van der Waals surface area contributed by atoms with E-state index in [1.165, 1.54) is 24.8 Å². The normalized spacial score (nSPS) is 21.2. The van der Waals surface area contributed by atoms with E-state index in [-0.39, 0.29) is 0 Å². The Bertz CT molecular complexity index is 444. The maximum atomic E-state index is 5.76. The van der Waals surface area contributed by atoms with Crippen molar-refractivity contribution in [1.29, 1.82) is 0 Å². The second kappa shape index (κ2) is 6.46. The molecule has 3 rings (SSSR count). The van der Waals surface area contributed by atoms with Crippen molar-refractivity contribution in [2.75, 3.05) is 26.3 Å². The van der Waals surface area contributed by atoms with E-state index in [0.717, 1.165) is 44.2 Å². The molecule has 0 spiro atoms. The van der Waals surface area contributed by atoms with Gasteiger partial charge in [0, 0.05) is 25.6 Å². The Morgan fingerprint density at radius 1 is 1.00 bits per heavy atom. The van der Waals surface area contributed by atoms with E-state index in [1.807, 2.05) is 6.07 Å². The zero-order valence-electron chi connectivity index (χ0n) is 12.2. The molecule has 4 heteroatoms. The van der Waals surface area contributed by atoms with Crippen LogP contribution in [-0.2, 0) is 0 Å². The number of rotatable bonds is 3. The number of nitrogens with one attached hydrogen (secondary N) is 1. The molecule has 1 N–H and O–H groups in total.